The van der Waals surface area contributed by atoms with E-state index in [1.807, 2.05) is 30.3 Å². The predicted octanol–water partition coefficient (Wildman–Crippen LogP) is 7.85. The first-order valence-corrected chi connectivity index (χ1v) is 13.7. The summed E-state index contributed by atoms with van der Waals surface area (Å²) in [6, 6.07) is 12.9. The van der Waals surface area contributed by atoms with Crippen LogP contribution in [0.15, 0.2) is 48.7 Å². The van der Waals surface area contributed by atoms with Crippen molar-refractivity contribution in [2.75, 3.05) is 6.61 Å². The molecule has 6 heteroatoms. The minimum atomic E-state index is -0.680. The summed E-state index contributed by atoms with van der Waals surface area (Å²) in [5.41, 5.74) is 1.46. The summed E-state index contributed by atoms with van der Waals surface area (Å²) in [6.45, 7) is 4.49. The van der Waals surface area contributed by atoms with Crippen molar-refractivity contribution < 1.29 is 19.1 Å². The summed E-state index contributed by atoms with van der Waals surface area (Å²) < 4.78 is 11.2. The van der Waals surface area contributed by atoms with Crippen LogP contribution in [0, 0.1) is 0 Å². The Morgan fingerprint density at radius 1 is 0.806 bits per heavy atom. The molecule has 0 bridgehead atoms. The molecular formula is C30H44N2O4. The lowest BCUT2D eigenvalue weighted by Gasteiger charge is -2.18. The highest BCUT2D eigenvalue weighted by Gasteiger charge is 2.20. The quantitative estimate of drug-likeness (QED) is 0.197. The zero-order valence-electron chi connectivity index (χ0n) is 22.3. The summed E-state index contributed by atoms with van der Waals surface area (Å²) >= 11 is 0. The van der Waals surface area contributed by atoms with Crippen LogP contribution in [0.1, 0.15) is 102 Å². The van der Waals surface area contributed by atoms with E-state index in [4.69, 9.17) is 9.47 Å². The third-order valence-electron chi connectivity index (χ3n) is 6.20. The van der Waals surface area contributed by atoms with Gasteiger partial charge in [0.2, 0.25) is 5.91 Å². The molecule has 6 nitrogen and oxygen atoms in total. The van der Waals surface area contributed by atoms with Gasteiger partial charge in [0.15, 0.2) is 0 Å². The SMILES string of the molecule is CCCCCCCCCCCCCCOc1ccc(COC(=O)N(Cc2ccccn2)C(C)=O)cc1. The van der Waals surface area contributed by atoms with Crippen LogP contribution in [0.4, 0.5) is 4.79 Å². The van der Waals surface area contributed by atoms with Gasteiger partial charge in [-0.25, -0.2) is 9.69 Å². The summed E-state index contributed by atoms with van der Waals surface area (Å²) in [4.78, 5) is 29.5. The van der Waals surface area contributed by atoms with Crippen molar-refractivity contribution in [2.45, 2.75) is 104 Å². The van der Waals surface area contributed by atoms with E-state index in [2.05, 4.69) is 11.9 Å². The number of benzene rings is 1. The van der Waals surface area contributed by atoms with E-state index in [1.165, 1.54) is 77.6 Å². The molecule has 2 amide bonds. The molecule has 0 unspecified atom stereocenters. The molecule has 198 valence electrons. The van der Waals surface area contributed by atoms with Crippen molar-refractivity contribution in [3.63, 3.8) is 0 Å². The van der Waals surface area contributed by atoms with E-state index in [0.717, 1.165) is 22.6 Å². The first-order valence-electron chi connectivity index (χ1n) is 13.7. The highest BCUT2D eigenvalue weighted by atomic mass is 16.6. The van der Waals surface area contributed by atoms with Crippen molar-refractivity contribution in [3.05, 3.63) is 59.9 Å². The monoisotopic (exact) mass is 496 g/mol. The molecule has 1 aromatic heterocycles. The van der Waals surface area contributed by atoms with Crippen LogP contribution in [0.2, 0.25) is 0 Å². The summed E-state index contributed by atoms with van der Waals surface area (Å²) in [7, 11) is 0. The highest BCUT2D eigenvalue weighted by Crippen LogP contribution is 2.16. The molecule has 2 aromatic rings. The number of unbranched alkanes of at least 4 members (excludes halogenated alkanes) is 11. The lowest BCUT2D eigenvalue weighted by Crippen LogP contribution is -2.35. The molecule has 1 aromatic carbocycles. The largest absolute Gasteiger partial charge is 0.494 e. The minimum Gasteiger partial charge on any atom is -0.494 e. The Morgan fingerprint density at radius 3 is 1.97 bits per heavy atom. The summed E-state index contributed by atoms with van der Waals surface area (Å²) in [6.07, 6.45) is 16.9. The molecule has 1 heterocycles. The van der Waals surface area contributed by atoms with Crippen molar-refractivity contribution in [1.29, 1.82) is 0 Å². The number of aromatic nitrogens is 1. The third-order valence-corrected chi connectivity index (χ3v) is 6.20. The number of amides is 2. The molecule has 0 saturated heterocycles. The minimum absolute atomic E-state index is 0.0842. The van der Waals surface area contributed by atoms with Gasteiger partial charge in [-0.2, -0.15) is 0 Å². The Labute approximate surface area is 217 Å². The second kappa shape index (κ2) is 18.4. The van der Waals surface area contributed by atoms with Gasteiger partial charge in [0.05, 0.1) is 18.8 Å². The number of hydrogen-bond donors (Lipinski definition) is 0. The Balaban J connectivity index is 1.55. The van der Waals surface area contributed by atoms with Crippen LogP contribution in [0.25, 0.3) is 0 Å². The van der Waals surface area contributed by atoms with E-state index in [-0.39, 0.29) is 19.1 Å². The average molecular weight is 497 g/mol. The van der Waals surface area contributed by atoms with Crippen LogP contribution in [-0.4, -0.2) is 28.5 Å². The molecule has 0 aliphatic carbocycles. The van der Waals surface area contributed by atoms with Crippen LogP contribution in [0.5, 0.6) is 5.75 Å². The topological polar surface area (TPSA) is 68.7 Å². The number of carbonyl (C=O) groups is 2. The first-order chi connectivity index (χ1) is 17.6. The number of ether oxygens (including phenoxy) is 2. The van der Waals surface area contributed by atoms with E-state index in [1.54, 1.807) is 18.3 Å². The van der Waals surface area contributed by atoms with Gasteiger partial charge in [0.25, 0.3) is 0 Å². The maximum absolute atomic E-state index is 12.4. The zero-order valence-corrected chi connectivity index (χ0v) is 22.3. The summed E-state index contributed by atoms with van der Waals surface area (Å²) in [5, 5.41) is 0. The lowest BCUT2D eigenvalue weighted by atomic mass is 10.1. The molecule has 2 rings (SSSR count). The maximum Gasteiger partial charge on any atom is 0.417 e. The van der Waals surface area contributed by atoms with Crippen molar-refractivity contribution >= 4 is 12.0 Å². The number of hydrogen-bond acceptors (Lipinski definition) is 5. The number of pyridine rings is 1. The molecule has 0 atom stereocenters. The van der Waals surface area contributed by atoms with Gasteiger partial charge >= 0.3 is 6.09 Å². The molecule has 0 fully saturated rings. The molecule has 0 aliphatic heterocycles. The molecule has 0 saturated carbocycles. The number of nitrogens with zero attached hydrogens (tertiary/aromatic N) is 2. The second-order valence-corrected chi connectivity index (χ2v) is 9.36. The summed E-state index contributed by atoms with van der Waals surface area (Å²) in [5.74, 6) is 0.431. The van der Waals surface area contributed by atoms with Crippen molar-refractivity contribution in [1.82, 2.24) is 9.88 Å². The van der Waals surface area contributed by atoms with E-state index >= 15 is 0 Å². The van der Waals surface area contributed by atoms with Gasteiger partial charge in [-0.3, -0.25) is 9.78 Å². The molecule has 0 spiro atoms. The van der Waals surface area contributed by atoms with Crippen molar-refractivity contribution in [2.24, 2.45) is 0 Å². The van der Waals surface area contributed by atoms with Gasteiger partial charge in [0.1, 0.15) is 12.4 Å². The van der Waals surface area contributed by atoms with Gasteiger partial charge in [-0.1, -0.05) is 95.8 Å². The molecule has 36 heavy (non-hydrogen) atoms. The highest BCUT2D eigenvalue weighted by molar-refractivity contribution is 5.90. The van der Waals surface area contributed by atoms with Gasteiger partial charge in [-0.15, -0.1) is 0 Å². The normalized spacial score (nSPS) is 10.7. The first kappa shape index (κ1) is 29.3. The molecule has 0 N–H and O–H groups in total. The van der Waals surface area contributed by atoms with Gasteiger partial charge in [-0.05, 0) is 36.2 Å². The fourth-order valence-corrected chi connectivity index (χ4v) is 4.00. The fourth-order valence-electron chi connectivity index (χ4n) is 4.00. The number of rotatable bonds is 18. The Hall–Kier alpha value is -2.89. The fraction of sp³-hybridized carbons (Fsp3) is 0.567. The standard InChI is InChI=1S/C30H44N2O4/c1-3-4-5-6-7-8-9-10-11-12-13-16-23-35-29-20-18-27(19-21-29)25-36-30(34)32(26(2)33)24-28-17-14-15-22-31-28/h14-15,17-22H,3-13,16,23-25H2,1-2H3. The lowest BCUT2D eigenvalue weighted by molar-refractivity contribution is -0.127. The third kappa shape index (κ3) is 12.7. The maximum atomic E-state index is 12.4. The Kier molecular flexibility index (Phi) is 15.0. The predicted molar refractivity (Wildman–Crippen MR) is 144 cm³/mol. The Morgan fingerprint density at radius 2 is 1.42 bits per heavy atom. The van der Waals surface area contributed by atoms with E-state index in [0.29, 0.717) is 12.3 Å². The van der Waals surface area contributed by atoms with Crippen LogP contribution in [0.3, 0.4) is 0 Å². The Bertz CT molecular complexity index is 855. The number of carbonyl (C=O) groups excluding carboxylic acids is 2. The second-order valence-electron chi connectivity index (χ2n) is 9.36. The van der Waals surface area contributed by atoms with E-state index in [9.17, 15) is 9.59 Å². The molecule has 0 radical (unpaired) electrons. The van der Waals surface area contributed by atoms with Gasteiger partial charge in [0, 0.05) is 13.1 Å². The molecular weight excluding hydrogens is 452 g/mol. The van der Waals surface area contributed by atoms with Crippen molar-refractivity contribution in [3.8, 4) is 5.75 Å². The smallest absolute Gasteiger partial charge is 0.417 e. The van der Waals surface area contributed by atoms with Crippen LogP contribution < -0.4 is 4.74 Å². The zero-order chi connectivity index (χ0) is 25.8. The average Bonchev–Trinajstić information content (AvgIpc) is 2.89. The van der Waals surface area contributed by atoms with E-state index < -0.39 is 6.09 Å². The van der Waals surface area contributed by atoms with Crippen LogP contribution >= 0.6 is 0 Å². The van der Waals surface area contributed by atoms with Gasteiger partial charge < -0.3 is 9.47 Å². The van der Waals surface area contributed by atoms with Crippen LogP contribution in [-0.2, 0) is 22.7 Å². The molecule has 0 aliphatic rings. The number of imide groups is 1.